The highest BCUT2D eigenvalue weighted by atomic mass is 32.2. The Hall–Kier alpha value is -1.13. The zero-order valence-electron chi connectivity index (χ0n) is 9.67. The van der Waals surface area contributed by atoms with Crippen LogP contribution in [0.25, 0.3) is 11.3 Å². The Morgan fingerprint density at radius 2 is 2.00 bits per heavy atom. The monoisotopic (exact) mass is 276 g/mol. The summed E-state index contributed by atoms with van der Waals surface area (Å²) in [5.74, 6) is 3.57. The Kier molecular flexibility index (Phi) is 3.48. The average Bonchev–Trinajstić information content (AvgIpc) is 3.10. The number of aldehydes is 1. The zero-order chi connectivity index (χ0) is 12.4. The first-order valence-corrected chi connectivity index (χ1v) is 7.85. The predicted molar refractivity (Wildman–Crippen MR) is 77.2 cm³/mol. The molecule has 0 aliphatic carbocycles. The summed E-state index contributed by atoms with van der Waals surface area (Å²) in [6.07, 6.45) is 0.732. The number of hydrogen-bond donors (Lipinski definition) is 0. The van der Waals surface area contributed by atoms with Crippen LogP contribution in [0, 0.1) is 0 Å². The second-order valence-corrected chi connectivity index (χ2v) is 6.74. The van der Waals surface area contributed by atoms with Crippen LogP contribution >= 0.6 is 23.5 Å². The number of carbonyl (C=O) groups is 1. The standard InChI is InChI=1S/C14H12O2S2/c15-9-12-4-5-13(16-12)10-2-1-3-11(8-10)14-17-6-7-18-14/h1-5,8-9,14H,6-7H2. The minimum atomic E-state index is 0.375. The van der Waals surface area contributed by atoms with Crippen LogP contribution in [0.15, 0.2) is 40.8 Å². The highest BCUT2D eigenvalue weighted by molar-refractivity contribution is 8.19. The number of furan rings is 1. The van der Waals surface area contributed by atoms with Crippen LogP contribution in [-0.4, -0.2) is 17.8 Å². The maximum Gasteiger partial charge on any atom is 0.185 e. The number of thioether (sulfide) groups is 2. The van der Waals surface area contributed by atoms with Gasteiger partial charge in [0.05, 0.1) is 4.58 Å². The van der Waals surface area contributed by atoms with E-state index in [1.807, 2.05) is 41.7 Å². The zero-order valence-corrected chi connectivity index (χ0v) is 11.3. The van der Waals surface area contributed by atoms with Crippen molar-refractivity contribution in [2.45, 2.75) is 4.58 Å². The molecule has 18 heavy (non-hydrogen) atoms. The van der Waals surface area contributed by atoms with E-state index in [4.69, 9.17) is 4.42 Å². The minimum Gasteiger partial charge on any atom is -0.453 e. The van der Waals surface area contributed by atoms with Crippen molar-refractivity contribution >= 4 is 29.8 Å². The van der Waals surface area contributed by atoms with Crippen molar-refractivity contribution in [3.05, 3.63) is 47.7 Å². The topological polar surface area (TPSA) is 30.2 Å². The first-order chi connectivity index (χ1) is 8.86. The molecule has 2 heterocycles. The summed E-state index contributed by atoms with van der Waals surface area (Å²) in [7, 11) is 0. The lowest BCUT2D eigenvalue weighted by Gasteiger charge is -2.09. The van der Waals surface area contributed by atoms with E-state index in [1.54, 1.807) is 6.07 Å². The van der Waals surface area contributed by atoms with Gasteiger partial charge in [-0.15, -0.1) is 23.5 Å². The van der Waals surface area contributed by atoms with Gasteiger partial charge in [-0.25, -0.2) is 0 Å². The molecule has 1 saturated heterocycles. The molecule has 0 spiro atoms. The van der Waals surface area contributed by atoms with Crippen molar-refractivity contribution in [2.75, 3.05) is 11.5 Å². The molecule has 0 atom stereocenters. The van der Waals surface area contributed by atoms with Gasteiger partial charge in [-0.3, -0.25) is 4.79 Å². The maximum atomic E-state index is 10.6. The smallest absolute Gasteiger partial charge is 0.185 e. The minimum absolute atomic E-state index is 0.375. The van der Waals surface area contributed by atoms with Crippen molar-refractivity contribution in [1.82, 2.24) is 0 Å². The van der Waals surface area contributed by atoms with Crippen LogP contribution in [0.5, 0.6) is 0 Å². The summed E-state index contributed by atoms with van der Waals surface area (Å²) in [6.45, 7) is 0. The fraction of sp³-hybridized carbons (Fsp3) is 0.214. The van der Waals surface area contributed by atoms with Gasteiger partial charge in [0, 0.05) is 17.1 Å². The van der Waals surface area contributed by atoms with Crippen molar-refractivity contribution in [3.63, 3.8) is 0 Å². The van der Waals surface area contributed by atoms with Gasteiger partial charge in [-0.1, -0.05) is 18.2 Å². The summed E-state index contributed by atoms with van der Waals surface area (Å²) in [5.41, 5.74) is 2.36. The molecule has 1 fully saturated rings. The van der Waals surface area contributed by atoms with E-state index >= 15 is 0 Å². The van der Waals surface area contributed by atoms with E-state index in [0.717, 1.165) is 17.6 Å². The van der Waals surface area contributed by atoms with Crippen molar-refractivity contribution in [3.8, 4) is 11.3 Å². The first-order valence-electron chi connectivity index (χ1n) is 5.75. The van der Waals surface area contributed by atoms with Crippen LogP contribution in [0.4, 0.5) is 0 Å². The third-order valence-electron chi connectivity index (χ3n) is 2.81. The van der Waals surface area contributed by atoms with Crippen LogP contribution in [0.1, 0.15) is 20.7 Å². The van der Waals surface area contributed by atoms with E-state index in [2.05, 4.69) is 12.1 Å². The summed E-state index contributed by atoms with van der Waals surface area (Å²) in [6, 6.07) is 11.9. The quantitative estimate of drug-likeness (QED) is 0.784. The van der Waals surface area contributed by atoms with Gasteiger partial charge < -0.3 is 4.42 Å². The van der Waals surface area contributed by atoms with Crippen LogP contribution in [0.3, 0.4) is 0 Å². The van der Waals surface area contributed by atoms with E-state index in [9.17, 15) is 4.79 Å². The maximum absolute atomic E-state index is 10.6. The molecule has 2 aromatic rings. The van der Waals surface area contributed by atoms with Crippen molar-refractivity contribution in [2.24, 2.45) is 0 Å². The summed E-state index contributed by atoms with van der Waals surface area (Å²) in [5, 5.41) is 0. The molecule has 4 heteroatoms. The Labute approximate surface area is 114 Å². The molecule has 0 N–H and O–H groups in total. The van der Waals surface area contributed by atoms with Crippen molar-refractivity contribution < 1.29 is 9.21 Å². The Bertz CT molecular complexity index is 556. The Morgan fingerprint density at radius 1 is 1.17 bits per heavy atom. The molecule has 2 nitrogen and oxygen atoms in total. The van der Waals surface area contributed by atoms with E-state index in [1.165, 1.54) is 17.1 Å². The van der Waals surface area contributed by atoms with Crippen LogP contribution < -0.4 is 0 Å². The summed E-state index contributed by atoms with van der Waals surface area (Å²) >= 11 is 3.97. The predicted octanol–water partition coefficient (Wildman–Crippen LogP) is 4.24. The Balaban J connectivity index is 1.92. The van der Waals surface area contributed by atoms with Gasteiger partial charge in [0.25, 0.3) is 0 Å². The molecule has 1 aromatic heterocycles. The molecule has 0 amide bonds. The number of hydrogen-bond acceptors (Lipinski definition) is 4. The first kappa shape index (κ1) is 11.9. The van der Waals surface area contributed by atoms with Gasteiger partial charge >= 0.3 is 0 Å². The molecule has 0 saturated carbocycles. The summed E-state index contributed by atoms with van der Waals surface area (Å²) < 4.78 is 5.99. The highest BCUT2D eigenvalue weighted by Crippen LogP contribution is 2.45. The molecule has 1 aliphatic heterocycles. The fourth-order valence-electron chi connectivity index (χ4n) is 1.96. The molecular weight excluding hydrogens is 264 g/mol. The lowest BCUT2D eigenvalue weighted by atomic mass is 10.1. The van der Waals surface area contributed by atoms with Gasteiger partial charge in [0.1, 0.15) is 5.76 Å². The second-order valence-electron chi connectivity index (χ2n) is 4.02. The van der Waals surface area contributed by atoms with E-state index in [-0.39, 0.29) is 0 Å². The summed E-state index contributed by atoms with van der Waals surface area (Å²) in [4.78, 5) is 10.6. The number of rotatable bonds is 3. The highest BCUT2D eigenvalue weighted by Gasteiger charge is 2.18. The molecule has 0 bridgehead atoms. The third-order valence-corrected chi connectivity index (χ3v) is 5.91. The lowest BCUT2D eigenvalue weighted by molar-refractivity contribution is 0.110. The van der Waals surface area contributed by atoms with Gasteiger partial charge in [0.15, 0.2) is 12.0 Å². The van der Waals surface area contributed by atoms with Gasteiger partial charge in [-0.05, 0) is 23.8 Å². The fourth-order valence-corrected chi connectivity index (χ4v) is 4.80. The van der Waals surface area contributed by atoms with Crippen LogP contribution in [0.2, 0.25) is 0 Å². The molecule has 1 aromatic carbocycles. The largest absolute Gasteiger partial charge is 0.453 e. The second kappa shape index (κ2) is 5.24. The SMILES string of the molecule is O=Cc1ccc(-c2cccc(C3SCCS3)c2)o1. The normalized spacial score (nSPS) is 16.0. The molecule has 3 rings (SSSR count). The third kappa shape index (κ3) is 2.35. The van der Waals surface area contributed by atoms with E-state index in [0.29, 0.717) is 10.3 Å². The molecule has 1 aliphatic rings. The van der Waals surface area contributed by atoms with Gasteiger partial charge in [-0.2, -0.15) is 0 Å². The molecule has 92 valence electrons. The van der Waals surface area contributed by atoms with E-state index < -0.39 is 0 Å². The molecule has 0 radical (unpaired) electrons. The number of benzene rings is 1. The van der Waals surface area contributed by atoms with Crippen molar-refractivity contribution in [1.29, 1.82) is 0 Å². The lowest BCUT2D eigenvalue weighted by Crippen LogP contribution is -1.85. The molecule has 0 unspecified atom stereocenters. The molecular formula is C14H12O2S2. The number of carbonyl (C=O) groups excluding carboxylic acids is 1. The van der Waals surface area contributed by atoms with Crippen LogP contribution in [-0.2, 0) is 0 Å². The van der Waals surface area contributed by atoms with Gasteiger partial charge in [0.2, 0.25) is 0 Å². The average molecular weight is 276 g/mol. The Morgan fingerprint density at radius 3 is 2.72 bits per heavy atom.